The Bertz CT molecular complexity index is 765. The van der Waals surface area contributed by atoms with Crippen molar-refractivity contribution < 1.29 is 36.9 Å². The predicted molar refractivity (Wildman–Crippen MR) is 101 cm³/mol. The van der Waals surface area contributed by atoms with Gasteiger partial charge in [0.1, 0.15) is 13.3 Å². The molecule has 1 aromatic rings. The van der Waals surface area contributed by atoms with Crippen LogP contribution < -0.4 is 4.74 Å². The maximum atomic E-state index is 12.7. The number of carboxylic acid groups (broad SMARTS) is 1. The molecule has 1 N–H and O–H groups in total. The first-order valence-corrected chi connectivity index (χ1v) is 9.41. The van der Waals surface area contributed by atoms with Crippen LogP contribution in [0.3, 0.4) is 0 Å². The zero-order chi connectivity index (χ0) is 22.5. The topological polar surface area (TPSA) is 65.5 Å². The summed E-state index contributed by atoms with van der Waals surface area (Å²) < 4.78 is 58.9. The van der Waals surface area contributed by atoms with Gasteiger partial charge in [0.05, 0.1) is 23.2 Å². The first-order chi connectivity index (χ1) is 14.0. The highest BCUT2D eigenvalue weighted by Gasteiger charge is 2.42. The van der Waals surface area contributed by atoms with Gasteiger partial charge in [-0.1, -0.05) is 34.8 Å². The number of nitrogens with zero attached hydrogens (tertiary/aromatic N) is 3. The maximum Gasteiger partial charge on any atom is 0.426 e. The second kappa shape index (κ2) is 10.5. The molecule has 1 amide bonds. The van der Waals surface area contributed by atoms with Crippen molar-refractivity contribution in [3.05, 3.63) is 39.6 Å². The number of alkyl halides is 4. The molecule has 1 aromatic carbocycles. The van der Waals surface area contributed by atoms with Crippen LogP contribution in [0.2, 0.25) is 15.1 Å². The second-order valence-electron chi connectivity index (χ2n) is 5.86. The molecule has 0 aromatic heterocycles. The Labute approximate surface area is 183 Å². The minimum atomic E-state index is -4.54. The fourth-order valence-corrected chi connectivity index (χ4v) is 3.28. The molecule has 0 bridgehead atoms. The van der Waals surface area contributed by atoms with E-state index in [9.17, 15) is 27.5 Å². The molecule has 7 nitrogen and oxygen atoms in total. The number of amides is 1. The molecule has 0 aliphatic carbocycles. The summed E-state index contributed by atoms with van der Waals surface area (Å²) in [5, 5.41) is 12.2. The van der Waals surface area contributed by atoms with Gasteiger partial charge in [-0.05, 0) is 12.1 Å². The molecule has 0 fully saturated rings. The first-order valence-electron chi connectivity index (χ1n) is 8.28. The SMILES string of the molecule is O=C(O)N(CCOc1c(Cl)cc(Cl)cc1Cl)N1C=CN(CCOC(F)(F)C(F)F)C1. The van der Waals surface area contributed by atoms with Crippen LogP contribution in [0, 0.1) is 0 Å². The van der Waals surface area contributed by atoms with Crippen molar-refractivity contribution >= 4 is 40.9 Å². The first kappa shape index (κ1) is 24.4. The van der Waals surface area contributed by atoms with Gasteiger partial charge in [0.15, 0.2) is 5.75 Å². The van der Waals surface area contributed by atoms with Gasteiger partial charge in [-0.25, -0.2) is 18.6 Å². The van der Waals surface area contributed by atoms with E-state index >= 15 is 0 Å². The lowest BCUT2D eigenvalue weighted by Gasteiger charge is -2.30. The van der Waals surface area contributed by atoms with Gasteiger partial charge in [0.25, 0.3) is 0 Å². The van der Waals surface area contributed by atoms with Crippen molar-refractivity contribution in [1.82, 2.24) is 14.9 Å². The van der Waals surface area contributed by atoms with E-state index in [0.29, 0.717) is 5.02 Å². The molecule has 168 valence electrons. The summed E-state index contributed by atoms with van der Waals surface area (Å²) in [5.41, 5.74) is 0. The van der Waals surface area contributed by atoms with Crippen LogP contribution in [0.4, 0.5) is 22.4 Å². The summed E-state index contributed by atoms with van der Waals surface area (Å²) in [7, 11) is 0. The zero-order valence-corrected chi connectivity index (χ0v) is 17.3. The standard InChI is InChI=1S/C16H16Cl3F4N3O4/c17-10-7-11(18)13(12(19)8-10)29-5-4-26(15(27)28)25-2-1-24(9-25)3-6-30-16(22,23)14(20)21/h1-2,7-8,14H,3-6,9H2,(H,27,28). The van der Waals surface area contributed by atoms with Gasteiger partial charge in [-0.15, -0.1) is 0 Å². The lowest BCUT2D eigenvalue weighted by Crippen LogP contribution is -2.46. The van der Waals surface area contributed by atoms with Crippen LogP contribution in [0.5, 0.6) is 5.75 Å². The Kier molecular flexibility index (Phi) is 8.53. The number of hydrogen-bond donors (Lipinski definition) is 1. The van der Waals surface area contributed by atoms with E-state index in [-0.39, 0.29) is 42.2 Å². The predicted octanol–water partition coefficient (Wildman–Crippen LogP) is 4.84. The number of rotatable bonds is 10. The Balaban J connectivity index is 1.85. The lowest BCUT2D eigenvalue weighted by atomic mass is 10.3. The molecule has 0 saturated heterocycles. The van der Waals surface area contributed by atoms with Crippen LogP contribution in [-0.2, 0) is 4.74 Å². The van der Waals surface area contributed by atoms with E-state index in [0.717, 1.165) is 5.01 Å². The summed E-state index contributed by atoms with van der Waals surface area (Å²) >= 11 is 17.8. The summed E-state index contributed by atoms with van der Waals surface area (Å²) in [6, 6.07) is 2.83. The molecule has 1 aliphatic rings. The molecule has 1 heterocycles. The molecule has 0 radical (unpaired) electrons. The molecule has 2 rings (SSSR count). The molecule has 0 unspecified atom stereocenters. The Morgan fingerprint density at radius 2 is 1.83 bits per heavy atom. The third kappa shape index (κ3) is 6.59. The van der Waals surface area contributed by atoms with Gasteiger partial charge < -0.3 is 19.5 Å². The monoisotopic (exact) mass is 495 g/mol. The average molecular weight is 497 g/mol. The van der Waals surface area contributed by atoms with E-state index in [4.69, 9.17) is 39.5 Å². The van der Waals surface area contributed by atoms with Crippen molar-refractivity contribution in [2.24, 2.45) is 0 Å². The molecular formula is C16H16Cl3F4N3O4. The molecular weight excluding hydrogens is 481 g/mol. The number of ether oxygens (including phenoxy) is 2. The van der Waals surface area contributed by atoms with Gasteiger partial charge >= 0.3 is 18.6 Å². The van der Waals surface area contributed by atoms with Crippen LogP contribution in [0.15, 0.2) is 24.5 Å². The number of hydrazine groups is 1. The molecule has 0 saturated carbocycles. The van der Waals surface area contributed by atoms with Crippen LogP contribution in [0.25, 0.3) is 0 Å². The van der Waals surface area contributed by atoms with Crippen molar-refractivity contribution in [1.29, 1.82) is 0 Å². The highest BCUT2D eigenvalue weighted by atomic mass is 35.5. The molecule has 14 heteroatoms. The third-order valence-electron chi connectivity index (χ3n) is 3.75. The number of hydrogen-bond acceptors (Lipinski definition) is 5. The zero-order valence-electron chi connectivity index (χ0n) is 15.1. The van der Waals surface area contributed by atoms with Crippen molar-refractivity contribution in [3.63, 3.8) is 0 Å². The molecule has 0 spiro atoms. The quantitative estimate of drug-likeness (QED) is 0.468. The Morgan fingerprint density at radius 1 is 1.20 bits per heavy atom. The third-order valence-corrected chi connectivity index (χ3v) is 4.53. The fourth-order valence-electron chi connectivity index (χ4n) is 2.35. The van der Waals surface area contributed by atoms with E-state index in [1.165, 1.54) is 34.4 Å². The maximum absolute atomic E-state index is 12.7. The Hall–Kier alpha value is -1.82. The van der Waals surface area contributed by atoms with Gasteiger partial charge in [-0.3, -0.25) is 5.01 Å². The number of benzene rings is 1. The largest absolute Gasteiger partial charge is 0.489 e. The van der Waals surface area contributed by atoms with Crippen LogP contribution >= 0.6 is 34.8 Å². The molecule has 30 heavy (non-hydrogen) atoms. The van der Waals surface area contributed by atoms with E-state index in [1.807, 2.05) is 0 Å². The highest BCUT2D eigenvalue weighted by Crippen LogP contribution is 2.35. The Morgan fingerprint density at radius 3 is 2.40 bits per heavy atom. The normalized spacial score (nSPS) is 14.0. The summed E-state index contributed by atoms with van der Waals surface area (Å²) in [6.07, 6.45) is -7.00. The van der Waals surface area contributed by atoms with Crippen molar-refractivity contribution in [2.45, 2.75) is 12.5 Å². The van der Waals surface area contributed by atoms with Crippen molar-refractivity contribution in [3.8, 4) is 5.75 Å². The van der Waals surface area contributed by atoms with Crippen LogP contribution in [0.1, 0.15) is 0 Å². The highest BCUT2D eigenvalue weighted by molar-refractivity contribution is 6.40. The summed E-state index contributed by atoms with van der Waals surface area (Å²) in [6.45, 7) is -1.10. The number of halogens is 7. The second-order valence-corrected chi connectivity index (χ2v) is 7.11. The minimum absolute atomic E-state index is 0.0294. The van der Waals surface area contributed by atoms with E-state index < -0.39 is 25.2 Å². The van der Waals surface area contributed by atoms with E-state index in [1.54, 1.807) is 0 Å². The van der Waals surface area contributed by atoms with Gasteiger partial charge in [0.2, 0.25) is 0 Å². The molecule has 1 aliphatic heterocycles. The van der Waals surface area contributed by atoms with Crippen molar-refractivity contribution in [2.75, 3.05) is 33.0 Å². The number of carbonyl (C=O) groups is 1. The smallest absolute Gasteiger partial charge is 0.426 e. The van der Waals surface area contributed by atoms with Gasteiger partial charge in [-0.2, -0.15) is 8.78 Å². The summed E-state index contributed by atoms with van der Waals surface area (Å²) in [4.78, 5) is 12.9. The van der Waals surface area contributed by atoms with Crippen LogP contribution in [-0.4, -0.2) is 71.6 Å². The van der Waals surface area contributed by atoms with Gasteiger partial charge in [0, 0.05) is 24.0 Å². The minimum Gasteiger partial charge on any atom is -0.489 e. The fraction of sp³-hybridized carbons (Fsp3) is 0.438. The average Bonchev–Trinajstić information content (AvgIpc) is 3.08. The lowest BCUT2D eigenvalue weighted by molar-refractivity contribution is -0.300. The molecule has 0 atom stereocenters. The summed E-state index contributed by atoms with van der Waals surface area (Å²) in [5.74, 6) is 0.142. The van der Waals surface area contributed by atoms with E-state index in [2.05, 4.69) is 4.74 Å².